The van der Waals surface area contributed by atoms with Gasteiger partial charge in [-0.2, -0.15) is 0 Å². The van der Waals surface area contributed by atoms with Gasteiger partial charge in [-0.1, -0.05) is 42.5 Å². The molecule has 0 spiro atoms. The third-order valence-corrected chi connectivity index (χ3v) is 8.36. The Morgan fingerprint density at radius 2 is 1.46 bits per heavy atom. The molecule has 9 heteroatoms. The molecule has 0 saturated heterocycles. The minimum Gasteiger partial charge on any atom is -0.493 e. The van der Waals surface area contributed by atoms with Crippen molar-refractivity contribution in [2.75, 3.05) is 33.9 Å². The number of aliphatic hydroxyl groups excluding tert-OH is 1. The lowest BCUT2D eigenvalue weighted by Crippen LogP contribution is -2.36. The highest BCUT2D eigenvalue weighted by Crippen LogP contribution is 2.32. The molecule has 0 radical (unpaired) electrons. The number of sulfone groups is 1. The van der Waals surface area contributed by atoms with E-state index in [9.17, 15) is 17.9 Å². The number of aliphatic hydroxyl groups is 1. The molecule has 0 unspecified atom stereocenters. The van der Waals surface area contributed by atoms with Gasteiger partial charge in [-0.15, -0.1) is 0 Å². The number of methoxy groups -OCH3 is 2. The molecule has 1 N–H and O–H groups in total. The van der Waals surface area contributed by atoms with E-state index < -0.39 is 15.9 Å². The first kappa shape index (κ1) is 30.0. The molecule has 0 fully saturated rings. The maximum atomic E-state index is 13.2. The van der Waals surface area contributed by atoms with Crippen LogP contribution >= 0.6 is 0 Å². The number of benzene rings is 4. The third kappa shape index (κ3) is 8.29. The summed E-state index contributed by atoms with van der Waals surface area (Å²) in [5.74, 6) is 0.935. The topological polar surface area (TPSA) is 85.3 Å². The molecule has 0 aliphatic rings. The van der Waals surface area contributed by atoms with Crippen molar-refractivity contribution in [2.45, 2.75) is 28.9 Å². The second kappa shape index (κ2) is 14.1. The minimum atomic E-state index is -3.75. The van der Waals surface area contributed by atoms with E-state index in [-0.39, 0.29) is 22.2 Å². The van der Waals surface area contributed by atoms with Crippen LogP contribution in [-0.2, 0) is 22.8 Å². The molecular weight excluding hydrogens is 545 g/mol. The first-order valence-electron chi connectivity index (χ1n) is 13.2. The van der Waals surface area contributed by atoms with Gasteiger partial charge in [0, 0.05) is 25.7 Å². The Hall–Kier alpha value is -3.92. The third-order valence-electron chi connectivity index (χ3n) is 6.59. The molecule has 0 aromatic heterocycles. The Bertz CT molecular complexity index is 1500. The van der Waals surface area contributed by atoms with E-state index in [0.717, 1.165) is 11.1 Å². The summed E-state index contributed by atoms with van der Waals surface area (Å²) >= 11 is 0. The average molecular weight is 580 g/mol. The highest BCUT2D eigenvalue weighted by molar-refractivity contribution is 7.91. The van der Waals surface area contributed by atoms with E-state index in [0.29, 0.717) is 43.3 Å². The van der Waals surface area contributed by atoms with Gasteiger partial charge < -0.3 is 19.3 Å². The lowest BCUT2D eigenvalue weighted by molar-refractivity contribution is 0.0659. The summed E-state index contributed by atoms with van der Waals surface area (Å²) in [6, 6.07) is 27.0. The number of hydrogen-bond donors (Lipinski definition) is 1. The Kier molecular flexibility index (Phi) is 10.3. The molecule has 0 bridgehead atoms. The fraction of sp³-hybridized carbons (Fsp3) is 0.250. The predicted molar refractivity (Wildman–Crippen MR) is 155 cm³/mol. The fourth-order valence-electron chi connectivity index (χ4n) is 4.39. The molecule has 0 heterocycles. The zero-order valence-corrected chi connectivity index (χ0v) is 23.9. The van der Waals surface area contributed by atoms with Crippen molar-refractivity contribution in [1.29, 1.82) is 0 Å². The molecule has 0 aliphatic heterocycles. The van der Waals surface area contributed by atoms with Gasteiger partial charge in [0.25, 0.3) is 0 Å². The zero-order chi connectivity index (χ0) is 29.2. The molecule has 4 rings (SSSR count). The summed E-state index contributed by atoms with van der Waals surface area (Å²) < 4.78 is 55.7. The van der Waals surface area contributed by atoms with E-state index in [1.807, 2.05) is 42.5 Å². The molecule has 7 nitrogen and oxygen atoms in total. The van der Waals surface area contributed by atoms with Crippen LogP contribution in [0.2, 0.25) is 0 Å². The lowest BCUT2D eigenvalue weighted by atomic mass is 10.1. The fourth-order valence-corrected chi connectivity index (χ4v) is 5.67. The molecule has 216 valence electrons. The first-order valence-corrected chi connectivity index (χ1v) is 14.7. The second-order valence-electron chi connectivity index (χ2n) is 9.55. The molecule has 4 aromatic carbocycles. The summed E-state index contributed by atoms with van der Waals surface area (Å²) in [4.78, 5) is 2.43. The number of hydrogen-bond acceptors (Lipinski definition) is 7. The van der Waals surface area contributed by atoms with Crippen molar-refractivity contribution >= 4 is 9.84 Å². The number of rotatable bonds is 14. The Morgan fingerprint density at radius 1 is 0.805 bits per heavy atom. The lowest BCUT2D eigenvalue weighted by Gasteiger charge is -2.25. The quantitative estimate of drug-likeness (QED) is 0.221. The van der Waals surface area contributed by atoms with Crippen LogP contribution in [0.4, 0.5) is 4.39 Å². The van der Waals surface area contributed by atoms with E-state index in [2.05, 4.69) is 4.90 Å². The first-order chi connectivity index (χ1) is 19.8. The largest absolute Gasteiger partial charge is 0.493 e. The van der Waals surface area contributed by atoms with Crippen LogP contribution in [0.3, 0.4) is 0 Å². The smallest absolute Gasteiger partial charge is 0.206 e. The van der Waals surface area contributed by atoms with E-state index >= 15 is 0 Å². The Balaban J connectivity index is 1.41. The Labute approximate surface area is 240 Å². The zero-order valence-electron chi connectivity index (χ0n) is 23.1. The predicted octanol–water partition coefficient (Wildman–Crippen LogP) is 5.16. The molecule has 0 amide bonds. The van der Waals surface area contributed by atoms with Gasteiger partial charge in [0.2, 0.25) is 9.84 Å². The van der Waals surface area contributed by atoms with Gasteiger partial charge in [0.15, 0.2) is 11.5 Å². The van der Waals surface area contributed by atoms with Gasteiger partial charge >= 0.3 is 0 Å². The molecular formula is C32H34FNO6S. The maximum absolute atomic E-state index is 13.2. The standard InChI is InChI=1S/C32H34FNO6S/c1-38-31-17-16-30(20-32(31)39-2)41(36,37)29-14-8-24(9-15-29)18-19-34(21-25-6-4-3-5-7-25)22-27(35)23-40-28-12-10-26(33)11-13-28/h3-17,20,27,35H,18-19,21-23H2,1-2H3/t27-/m0/s1. The van der Waals surface area contributed by atoms with E-state index in [4.69, 9.17) is 14.2 Å². The van der Waals surface area contributed by atoms with Crippen molar-refractivity contribution in [3.8, 4) is 17.2 Å². The summed E-state index contributed by atoms with van der Waals surface area (Å²) in [7, 11) is -0.792. The van der Waals surface area contributed by atoms with Crippen LogP contribution in [0.5, 0.6) is 17.2 Å². The SMILES string of the molecule is COc1ccc(S(=O)(=O)c2ccc(CCN(Cc3ccccc3)C[C@H](O)COc3ccc(F)cc3)cc2)cc1OC. The highest BCUT2D eigenvalue weighted by atomic mass is 32.2. The summed E-state index contributed by atoms with van der Waals surface area (Å²) in [6.07, 6.45) is -0.118. The summed E-state index contributed by atoms with van der Waals surface area (Å²) in [5, 5.41) is 10.7. The molecule has 1 atom stereocenters. The molecule has 4 aromatic rings. The number of ether oxygens (including phenoxy) is 3. The van der Waals surface area contributed by atoms with Crippen molar-refractivity contribution in [2.24, 2.45) is 0 Å². The number of halogens is 1. The second-order valence-corrected chi connectivity index (χ2v) is 11.5. The number of nitrogens with zero attached hydrogens (tertiary/aromatic N) is 1. The average Bonchev–Trinajstić information content (AvgIpc) is 3.00. The van der Waals surface area contributed by atoms with Crippen molar-refractivity contribution in [3.63, 3.8) is 0 Å². The van der Waals surface area contributed by atoms with Crippen molar-refractivity contribution in [1.82, 2.24) is 4.90 Å². The minimum absolute atomic E-state index is 0.0691. The van der Waals surface area contributed by atoms with Gasteiger partial charge in [0.1, 0.15) is 24.3 Å². The maximum Gasteiger partial charge on any atom is 0.206 e. The summed E-state index contributed by atoms with van der Waals surface area (Å²) in [5.41, 5.74) is 2.07. The van der Waals surface area contributed by atoms with Crippen LogP contribution in [0.25, 0.3) is 0 Å². The highest BCUT2D eigenvalue weighted by Gasteiger charge is 2.20. The van der Waals surface area contributed by atoms with Crippen molar-refractivity contribution < 1.29 is 32.1 Å². The van der Waals surface area contributed by atoms with Crippen LogP contribution in [0, 0.1) is 5.82 Å². The van der Waals surface area contributed by atoms with Gasteiger partial charge in [-0.3, -0.25) is 4.90 Å². The molecule has 41 heavy (non-hydrogen) atoms. The van der Waals surface area contributed by atoms with E-state index in [1.54, 1.807) is 18.2 Å². The van der Waals surface area contributed by atoms with Crippen LogP contribution in [-0.4, -0.2) is 58.4 Å². The van der Waals surface area contributed by atoms with Crippen LogP contribution in [0.15, 0.2) is 107 Å². The van der Waals surface area contributed by atoms with Gasteiger partial charge in [-0.25, -0.2) is 12.8 Å². The van der Waals surface area contributed by atoms with Gasteiger partial charge in [0.05, 0.1) is 24.0 Å². The summed E-state index contributed by atoms with van der Waals surface area (Å²) in [6.45, 7) is 1.69. The monoisotopic (exact) mass is 579 g/mol. The van der Waals surface area contributed by atoms with E-state index in [1.165, 1.54) is 50.6 Å². The molecule has 0 aliphatic carbocycles. The van der Waals surface area contributed by atoms with Crippen molar-refractivity contribution in [3.05, 3.63) is 114 Å². The van der Waals surface area contributed by atoms with Crippen LogP contribution in [0.1, 0.15) is 11.1 Å². The van der Waals surface area contributed by atoms with Crippen LogP contribution < -0.4 is 14.2 Å². The van der Waals surface area contributed by atoms with Gasteiger partial charge in [-0.05, 0) is 66.1 Å². The normalized spacial score (nSPS) is 12.2. The molecule has 0 saturated carbocycles. The Morgan fingerprint density at radius 3 is 2.12 bits per heavy atom.